The van der Waals surface area contributed by atoms with Crippen LogP contribution in [0.4, 0.5) is 0 Å². The van der Waals surface area contributed by atoms with Crippen LogP contribution < -0.4 is 11.1 Å². The highest BCUT2D eigenvalue weighted by molar-refractivity contribution is 5.96. The van der Waals surface area contributed by atoms with E-state index in [0.717, 1.165) is 5.56 Å². The van der Waals surface area contributed by atoms with Gasteiger partial charge in [0.2, 0.25) is 0 Å². The number of nitrogens with two attached hydrogens (primary N) is 1. The quantitative estimate of drug-likeness (QED) is 0.858. The Morgan fingerprint density at radius 1 is 1.26 bits per heavy atom. The minimum atomic E-state index is -0.245. The molecular formula is C18H25N3O2. The molecule has 0 fully saturated rings. The standard InChI is InChI=1S/C18H25N3O2/c1-5-16-17(12(4)21-23-16)18(22)20-10-15(19)14-8-6-13(7-9-14)11(2)3/h6-9,11,15H,5,10,19H2,1-4H3,(H,20,22). The van der Waals surface area contributed by atoms with E-state index in [9.17, 15) is 4.79 Å². The van der Waals surface area contributed by atoms with Crippen LogP contribution in [-0.2, 0) is 6.42 Å². The van der Waals surface area contributed by atoms with Crippen molar-refractivity contribution in [2.45, 2.75) is 46.1 Å². The molecule has 2 rings (SSSR count). The van der Waals surface area contributed by atoms with Crippen molar-refractivity contribution in [3.8, 4) is 0 Å². The summed E-state index contributed by atoms with van der Waals surface area (Å²) in [6, 6.07) is 7.97. The van der Waals surface area contributed by atoms with Crippen LogP contribution in [0.25, 0.3) is 0 Å². The van der Waals surface area contributed by atoms with Crippen LogP contribution in [-0.4, -0.2) is 17.6 Å². The Labute approximate surface area is 137 Å². The Bertz CT molecular complexity index is 659. The molecule has 2 aromatic rings. The van der Waals surface area contributed by atoms with Gasteiger partial charge in [0.25, 0.3) is 5.91 Å². The molecule has 1 amide bonds. The van der Waals surface area contributed by atoms with E-state index in [1.807, 2.05) is 19.1 Å². The SMILES string of the molecule is CCc1onc(C)c1C(=O)NCC(N)c1ccc(C(C)C)cc1. The molecule has 1 aromatic carbocycles. The molecule has 23 heavy (non-hydrogen) atoms. The van der Waals surface area contributed by atoms with Crippen LogP contribution in [0.15, 0.2) is 28.8 Å². The van der Waals surface area contributed by atoms with Crippen LogP contribution in [0.3, 0.4) is 0 Å². The summed E-state index contributed by atoms with van der Waals surface area (Å²) >= 11 is 0. The first-order valence-corrected chi connectivity index (χ1v) is 8.02. The summed E-state index contributed by atoms with van der Waals surface area (Å²) in [5.74, 6) is 0.911. The third-order valence-electron chi connectivity index (χ3n) is 4.00. The third kappa shape index (κ3) is 3.99. The van der Waals surface area contributed by atoms with E-state index in [2.05, 4.69) is 36.5 Å². The lowest BCUT2D eigenvalue weighted by molar-refractivity contribution is 0.0948. The van der Waals surface area contributed by atoms with E-state index >= 15 is 0 Å². The lowest BCUT2D eigenvalue weighted by atomic mass is 9.99. The van der Waals surface area contributed by atoms with Crippen molar-refractivity contribution in [2.75, 3.05) is 6.54 Å². The predicted molar refractivity (Wildman–Crippen MR) is 90.4 cm³/mol. The van der Waals surface area contributed by atoms with Gasteiger partial charge in [-0.15, -0.1) is 0 Å². The average Bonchev–Trinajstić information content (AvgIpc) is 2.93. The van der Waals surface area contributed by atoms with Gasteiger partial charge in [0.05, 0.1) is 5.69 Å². The molecule has 0 aliphatic carbocycles. The Kier molecular flexibility index (Phi) is 5.55. The van der Waals surface area contributed by atoms with E-state index in [0.29, 0.717) is 35.9 Å². The van der Waals surface area contributed by atoms with E-state index in [4.69, 9.17) is 10.3 Å². The van der Waals surface area contributed by atoms with Gasteiger partial charge in [-0.1, -0.05) is 50.2 Å². The van der Waals surface area contributed by atoms with Gasteiger partial charge in [0.1, 0.15) is 11.3 Å². The Morgan fingerprint density at radius 2 is 1.87 bits per heavy atom. The molecular weight excluding hydrogens is 290 g/mol. The van der Waals surface area contributed by atoms with E-state index in [1.54, 1.807) is 6.92 Å². The maximum absolute atomic E-state index is 12.3. The fraction of sp³-hybridized carbons (Fsp3) is 0.444. The maximum atomic E-state index is 12.3. The summed E-state index contributed by atoms with van der Waals surface area (Å²) in [7, 11) is 0. The largest absolute Gasteiger partial charge is 0.360 e. The fourth-order valence-corrected chi connectivity index (χ4v) is 2.49. The number of rotatable bonds is 6. The molecule has 5 nitrogen and oxygen atoms in total. The number of benzene rings is 1. The van der Waals surface area contributed by atoms with Gasteiger partial charge in [0, 0.05) is 19.0 Å². The highest BCUT2D eigenvalue weighted by Gasteiger charge is 2.19. The van der Waals surface area contributed by atoms with Crippen molar-refractivity contribution in [3.05, 3.63) is 52.4 Å². The second kappa shape index (κ2) is 7.42. The zero-order chi connectivity index (χ0) is 17.0. The lowest BCUT2D eigenvalue weighted by Gasteiger charge is -2.14. The molecule has 124 valence electrons. The van der Waals surface area contributed by atoms with Crippen molar-refractivity contribution in [2.24, 2.45) is 5.73 Å². The minimum Gasteiger partial charge on any atom is -0.360 e. The molecule has 1 aromatic heterocycles. The first kappa shape index (κ1) is 17.2. The normalized spacial score (nSPS) is 12.4. The van der Waals surface area contributed by atoms with Gasteiger partial charge in [-0.3, -0.25) is 4.79 Å². The fourth-order valence-electron chi connectivity index (χ4n) is 2.49. The van der Waals surface area contributed by atoms with Crippen molar-refractivity contribution in [3.63, 3.8) is 0 Å². The predicted octanol–water partition coefficient (Wildman–Crippen LogP) is 3.10. The van der Waals surface area contributed by atoms with Gasteiger partial charge in [0.15, 0.2) is 0 Å². The van der Waals surface area contributed by atoms with Crippen molar-refractivity contribution in [1.82, 2.24) is 10.5 Å². The summed E-state index contributed by atoms with van der Waals surface area (Å²) in [4.78, 5) is 12.3. The number of nitrogens with one attached hydrogen (secondary N) is 1. The zero-order valence-corrected chi connectivity index (χ0v) is 14.2. The molecule has 0 aliphatic rings. The first-order valence-electron chi connectivity index (χ1n) is 8.02. The molecule has 0 radical (unpaired) electrons. The number of aromatic nitrogens is 1. The van der Waals surface area contributed by atoms with Crippen molar-refractivity contribution in [1.29, 1.82) is 0 Å². The van der Waals surface area contributed by atoms with Gasteiger partial charge < -0.3 is 15.6 Å². The van der Waals surface area contributed by atoms with E-state index in [1.165, 1.54) is 5.56 Å². The van der Waals surface area contributed by atoms with Crippen molar-refractivity contribution >= 4 is 5.91 Å². The van der Waals surface area contributed by atoms with Gasteiger partial charge in [-0.25, -0.2) is 0 Å². The molecule has 5 heteroatoms. The average molecular weight is 315 g/mol. The van der Waals surface area contributed by atoms with Crippen LogP contribution >= 0.6 is 0 Å². The molecule has 1 heterocycles. The number of carbonyl (C=O) groups is 1. The van der Waals surface area contributed by atoms with Crippen LogP contribution in [0.1, 0.15) is 65.7 Å². The molecule has 0 spiro atoms. The summed E-state index contributed by atoms with van der Waals surface area (Å²) in [6.45, 7) is 8.37. The Balaban J connectivity index is 1.99. The molecule has 3 N–H and O–H groups in total. The molecule has 0 saturated carbocycles. The number of hydrogen-bond acceptors (Lipinski definition) is 4. The molecule has 1 atom stereocenters. The van der Waals surface area contributed by atoms with Crippen LogP contribution in [0.2, 0.25) is 0 Å². The zero-order valence-electron chi connectivity index (χ0n) is 14.2. The first-order chi connectivity index (χ1) is 10.9. The summed E-state index contributed by atoms with van der Waals surface area (Å²) < 4.78 is 5.15. The molecule has 0 bridgehead atoms. The Hall–Kier alpha value is -2.14. The molecule has 1 unspecified atom stereocenters. The van der Waals surface area contributed by atoms with Crippen molar-refractivity contribution < 1.29 is 9.32 Å². The summed E-state index contributed by atoms with van der Waals surface area (Å²) in [6.07, 6.45) is 0.631. The maximum Gasteiger partial charge on any atom is 0.256 e. The van der Waals surface area contributed by atoms with Gasteiger partial charge >= 0.3 is 0 Å². The number of nitrogens with zero attached hydrogens (tertiary/aromatic N) is 1. The van der Waals surface area contributed by atoms with Gasteiger partial charge in [-0.05, 0) is 24.0 Å². The van der Waals surface area contributed by atoms with Crippen LogP contribution in [0.5, 0.6) is 0 Å². The number of aryl methyl sites for hydroxylation is 2. The summed E-state index contributed by atoms with van der Waals surface area (Å²) in [5, 5.41) is 6.73. The highest BCUT2D eigenvalue weighted by Crippen LogP contribution is 2.18. The number of amides is 1. The second-order valence-electron chi connectivity index (χ2n) is 6.06. The third-order valence-corrected chi connectivity index (χ3v) is 4.00. The monoisotopic (exact) mass is 315 g/mol. The van der Waals surface area contributed by atoms with Crippen LogP contribution in [0, 0.1) is 6.92 Å². The second-order valence-corrected chi connectivity index (χ2v) is 6.06. The van der Waals surface area contributed by atoms with E-state index in [-0.39, 0.29) is 11.9 Å². The molecule has 0 saturated heterocycles. The Morgan fingerprint density at radius 3 is 2.43 bits per heavy atom. The molecule has 0 aliphatic heterocycles. The van der Waals surface area contributed by atoms with E-state index < -0.39 is 0 Å². The smallest absolute Gasteiger partial charge is 0.256 e. The lowest BCUT2D eigenvalue weighted by Crippen LogP contribution is -2.32. The summed E-state index contributed by atoms with van der Waals surface area (Å²) in [5.41, 5.74) is 9.59. The number of carbonyl (C=O) groups excluding carboxylic acids is 1. The number of hydrogen-bond donors (Lipinski definition) is 2. The minimum absolute atomic E-state index is 0.185. The van der Waals surface area contributed by atoms with Gasteiger partial charge in [-0.2, -0.15) is 0 Å². The highest BCUT2D eigenvalue weighted by atomic mass is 16.5. The topological polar surface area (TPSA) is 81.2 Å².